The molecular weight excluding hydrogens is 381 g/mol. The molecule has 0 radical (unpaired) electrons. The molecule has 1 aromatic carbocycles. The minimum absolute atomic E-state index is 0.720. The van der Waals surface area contributed by atoms with E-state index in [-0.39, 0.29) is 0 Å². The van der Waals surface area contributed by atoms with Gasteiger partial charge in [0.05, 0.1) is 36.0 Å². The van der Waals surface area contributed by atoms with Crippen molar-refractivity contribution >= 4 is 33.6 Å². The van der Waals surface area contributed by atoms with E-state index in [2.05, 4.69) is 32.1 Å². The van der Waals surface area contributed by atoms with Crippen molar-refractivity contribution in [3.63, 3.8) is 0 Å². The van der Waals surface area contributed by atoms with Gasteiger partial charge in [0, 0.05) is 17.8 Å². The van der Waals surface area contributed by atoms with E-state index in [4.69, 9.17) is 14.5 Å². The van der Waals surface area contributed by atoms with E-state index in [1.807, 2.05) is 24.3 Å². The van der Waals surface area contributed by atoms with Gasteiger partial charge in [-0.2, -0.15) is 0 Å². The molecule has 0 bridgehead atoms. The fourth-order valence-electron chi connectivity index (χ4n) is 2.22. The van der Waals surface area contributed by atoms with Crippen LogP contribution in [-0.4, -0.2) is 28.8 Å². The summed E-state index contributed by atoms with van der Waals surface area (Å²) in [5.41, 5.74) is 2.91. The molecule has 0 saturated heterocycles. The standard InChI is InChI=1S/C15H14IN3O2/c1-20-11-3-4-13-14(6-11)19(9-16)15(18-13)10-5-12(21-2)8-17-7-10/h3-8H,9H2,1-2H3. The first kappa shape index (κ1) is 14.1. The average molecular weight is 395 g/mol. The second-order valence-electron chi connectivity index (χ2n) is 4.45. The molecule has 0 amide bonds. The topological polar surface area (TPSA) is 49.2 Å². The lowest BCUT2D eigenvalue weighted by Gasteiger charge is -2.07. The van der Waals surface area contributed by atoms with Gasteiger partial charge in [0.2, 0.25) is 0 Å². The number of benzene rings is 1. The number of methoxy groups -OCH3 is 2. The Morgan fingerprint density at radius 2 is 1.90 bits per heavy atom. The van der Waals surface area contributed by atoms with Crippen molar-refractivity contribution in [1.82, 2.24) is 14.5 Å². The zero-order chi connectivity index (χ0) is 14.8. The summed E-state index contributed by atoms with van der Waals surface area (Å²) in [5.74, 6) is 2.42. The number of pyridine rings is 1. The monoisotopic (exact) mass is 395 g/mol. The lowest BCUT2D eigenvalue weighted by Crippen LogP contribution is -1.96. The van der Waals surface area contributed by atoms with Crippen LogP contribution in [0.25, 0.3) is 22.4 Å². The molecule has 0 fully saturated rings. The molecule has 0 unspecified atom stereocenters. The van der Waals surface area contributed by atoms with Crippen LogP contribution in [0.2, 0.25) is 0 Å². The molecule has 0 aliphatic carbocycles. The van der Waals surface area contributed by atoms with Crippen molar-refractivity contribution in [3.05, 3.63) is 36.7 Å². The van der Waals surface area contributed by atoms with Gasteiger partial charge < -0.3 is 14.0 Å². The number of alkyl halides is 1. The second-order valence-corrected chi connectivity index (χ2v) is 5.13. The molecule has 6 heteroatoms. The maximum atomic E-state index is 5.30. The molecule has 0 spiro atoms. The summed E-state index contributed by atoms with van der Waals surface area (Å²) in [5, 5.41) is 0. The van der Waals surface area contributed by atoms with Crippen molar-refractivity contribution in [3.8, 4) is 22.9 Å². The van der Waals surface area contributed by atoms with Crippen molar-refractivity contribution in [2.45, 2.75) is 4.55 Å². The van der Waals surface area contributed by atoms with Crippen LogP contribution in [-0.2, 0) is 4.55 Å². The van der Waals surface area contributed by atoms with E-state index in [1.54, 1.807) is 26.6 Å². The quantitative estimate of drug-likeness (QED) is 0.501. The van der Waals surface area contributed by atoms with E-state index < -0.39 is 0 Å². The number of nitrogens with zero attached hydrogens (tertiary/aromatic N) is 3. The van der Waals surface area contributed by atoms with E-state index in [1.165, 1.54) is 0 Å². The van der Waals surface area contributed by atoms with Crippen molar-refractivity contribution in [2.24, 2.45) is 0 Å². The zero-order valence-electron chi connectivity index (χ0n) is 11.7. The molecule has 108 valence electrons. The third-order valence-corrected chi connectivity index (χ3v) is 3.96. The van der Waals surface area contributed by atoms with Crippen molar-refractivity contribution in [2.75, 3.05) is 14.2 Å². The smallest absolute Gasteiger partial charge is 0.143 e. The Hall–Kier alpha value is -1.83. The Balaban J connectivity index is 2.21. The van der Waals surface area contributed by atoms with Crippen LogP contribution in [0, 0.1) is 0 Å². The molecule has 0 aliphatic heterocycles. The number of hydrogen-bond acceptors (Lipinski definition) is 4. The first-order chi connectivity index (χ1) is 10.3. The minimum atomic E-state index is 0.720. The normalized spacial score (nSPS) is 10.8. The highest BCUT2D eigenvalue weighted by atomic mass is 127. The average Bonchev–Trinajstić information content (AvgIpc) is 2.92. The van der Waals surface area contributed by atoms with E-state index in [0.717, 1.165) is 38.5 Å². The third kappa shape index (κ3) is 2.55. The molecule has 0 aliphatic rings. The Morgan fingerprint density at radius 1 is 1.10 bits per heavy atom. The number of rotatable bonds is 4. The summed E-state index contributed by atoms with van der Waals surface area (Å²) in [7, 11) is 3.30. The van der Waals surface area contributed by atoms with Crippen LogP contribution in [0.15, 0.2) is 36.7 Å². The van der Waals surface area contributed by atoms with Gasteiger partial charge in [-0.15, -0.1) is 0 Å². The van der Waals surface area contributed by atoms with Crippen molar-refractivity contribution < 1.29 is 9.47 Å². The van der Waals surface area contributed by atoms with Crippen LogP contribution in [0.4, 0.5) is 0 Å². The van der Waals surface area contributed by atoms with E-state index >= 15 is 0 Å². The van der Waals surface area contributed by atoms with Crippen LogP contribution in [0.5, 0.6) is 11.5 Å². The lowest BCUT2D eigenvalue weighted by molar-refractivity contribution is 0.413. The van der Waals surface area contributed by atoms with Gasteiger partial charge in [-0.1, -0.05) is 22.6 Å². The Bertz CT molecular complexity index is 786. The highest BCUT2D eigenvalue weighted by molar-refractivity contribution is 14.1. The fraction of sp³-hybridized carbons (Fsp3) is 0.200. The largest absolute Gasteiger partial charge is 0.497 e. The maximum Gasteiger partial charge on any atom is 0.143 e. The third-order valence-electron chi connectivity index (χ3n) is 3.28. The Labute approximate surface area is 136 Å². The molecule has 0 N–H and O–H groups in total. The minimum Gasteiger partial charge on any atom is -0.497 e. The first-order valence-electron chi connectivity index (χ1n) is 6.36. The maximum absolute atomic E-state index is 5.30. The van der Waals surface area contributed by atoms with Gasteiger partial charge in [-0.3, -0.25) is 4.98 Å². The van der Waals surface area contributed by atoms with Gasteiger partial charge in [0.1, 0.15) is 17.3 Å². The summed E-state index contributed by atoms with van der Waals surface area (Å²) < 4.78 is 13.5. The molecule has 3 rings (SSSR count). The number of aromatic nitrogens is 3. The molecule has 2 aromatic heterocycles. The number of hydrogen-bond donors (Lipinski definition) is 0. The zero-order valence-corrected chi connectivity index (χ0v) is 13.9. The Morgan fingerprint density at radius 3 is 2.62 bits per heavy atom. The number of halogens is 1. The highest BCUT2D eigenvalue weighted by Gasteiger charge is 2.13. The number of fused-ring (bicyclic) bond motifs is 1. The SMILES string of the molecule is COc1cncc(-c2nc3ccc(OC)cc3n2CI)c1. The summed E-state index contributed by atoms with van der Waals surface area (Å²) >= 11 is 2.32. The molecule has 0 atom stereocenters. The van der Waals surface area contributed by atoms with Gasteiger partial charge in [-0.05, 0) is 18.2 Å². The summed E-state index contributed by atoms with van der Waals surface area (Å²) in [6.07, 6.45) is 3.48. The molecule has 21 heavy (non-hydrogen) atoms. The highest BCUT2D eigenvalue weighted by Crippen LogP contribution is 2.29. The number of imidazole rings is 1. The molecule has 2 heterocycles. The van der Waals surface area contributed by atoms with Gasteiger partial charge >= 0.3 is 0 Å². The molecular formula is C15H14IN3O2. The van der Waals surface area contributed by atoms with Crippen LogP contribution in [0.3, 0.4) is 0 Å². The molecule has 3 aromatic rings. The van der Waals surface area contributed by atoms with Gasteiger partial charge in [0.15, 0.2) is 0 Å². The van der Waals surface area contributed by atoms with Crippen LogP contribution < -0.4 is 9.47 Å². The van der Waals surface area contributed by atoms with Gasteiger partial charge in [-0.25, -0.2) is 4.98 Å². The van der Waals surface area contributed by atoms with Crippen LogP contribution in [0.1, 0.15) is 0 Å². The predicted molar refractivity (Wildman–Crippen MR) is 90.1 cm³/mol. The van der Waals surface area contributed by atoms with Gasteiger partial charge in [0.25, 0.3) is 0 Å². The lowest BCUT2D eigenvalue weighted by atomic mass is 10.2. The fourth-order valence-corrected chi connectivity index (χ4v) is 2.91. The Kier molecular flexibility index (Phi) is 3.96. The predicted octanol–water partition coefficient (Wildman–Crippen LogP) is 3.51. The van der Waals surface area contributed by atoms with Crippen molar-refractivity contribution in [1.29, 1.82) is 0 Å². The summed E-state index contributed by atoms with van der Waals surface area (Å²) in [6.45, 7) is 0. The van der Waals surface area contributed by atoms with E-state index in [9.17, 15) is 0 Å². The van der Waals surface area contributed by atoms with E-state index in [0.29, 0.717) is 0 Å². The molecule has 0 saturated carbocycles. The molecule has 5 nitrogen and oxygen atoms in total. The van der Waals surface area contributed by atoms with Crippen LogP contribution >= 0.6 is 22.6 Å². The number of ether oxygens (including phenoxy) is 2. The second kappa shape index (κ2) is 5.88. The first-order valence-corrected chi connectivity index (χ1v) is 7.89. The summed E-state index contributed by atoms with van der Waals surface area (Å²) in [4.78, 5) is 8.92. The summed E-state index contributed by atoms with van der Waals surface area (Å²) in [6, 6.07) is 7.82.